The van der Waals surface area contributed by atoms with Gasteiger partial charge in [0.2, 0.25) is 5.95 Å². The third-order valence-corrected chi connectivity index (χ3v) is 2.67. The van der Waals surface area contributed by atoms with Crippen molar-refractivity contribution < 1.29 is 9.13 Å². The molecule has 0 saturated heterocycles. The Labute approximate surface area is 103 Å². The largest absolute Gasteiger partial charge is 0.495 e. The summed E-state index contributed by atoms with van der Waals surface area (Å²) in [4.78, 5) is 3.58. The molecule has 1 aromatic heterocycles. The molecule has 2 N–H and O–H groups in total. The lowest BCUT2D eigenvalue weighted by Gasteiger charge is -2.09. The maximum atomic E-state index is 12.7. The lowest BCUT2D eigenvalue weighted by molar-refractivity contribution is 0.417. The van der Waals surface area contributed by atoms with Gasteiger partial charge < -0.3 is 10.5 Å². The zero-order valence-electron chi connectivity index (χ0n) is 9.08. The predicted molar refractivity (Wildman–Crippen MR) is 65.6 cm³/mol. The van der Waals surface area contributed by atoms with Gasteiger partial charge in [-0.15, -0.1) is 0 Å². The van der Waals surface area contributed by atoms with Crippen LogP contribution in [0.25, 0.3) is 11.1 Å². The van der Waals surface area contributed by atoms with Gasteiger partial charge in [0.25, 0.3) is 0 Å². The van der Waals surface area contributed by atoms with Crippen molar-refractivity contribution in [2.24, 2.45) is 0 Å². The third kappa shape index (κ3) is 2.31. The zero-order valence-corrected chi connectivity index (χ0v) is 9.83. The number of nitrogen functional groups attached to an aromatic ring is 1. The summed E-state index contributed by atoms with van der Waals surface area (Å²) in [5, 5.41) is 0.469. The van der Waals surface area contributed by atoms with Crippen LogP contribution in [0.3, 0.4) is 0 Å². The minimum Gasteiger partial charge on any atom is -0.495 e. The lowest BCUT2D eigenvalue weighted by atomic mass is 10.1. The summed E-state index contributed by atoms with van der Waals surface area (Å²) >= 11 is 6.08. The van der Waals surface area contributed by atoms with Gasteiger partial charge in [0.05, 0.1) is 17.8 Å². The fourth-order valence-electron chi connectivity index (χ4n) is 1.50. The first kappa shape index (κ1) is 11.7. The molecule has 0 bridgehead atoms. The van der Waals surface area contributed by atoms with Gasteiger partial charge in [-0.25, -0.2) is 4.98 Å². The number of halogens is 2. The van der Waals surface area contributed by atoms with E-state index in [0.717, 1.165) is 0 Å². The first-order valence-corrected chi connectivity index (χ1v) is 5.24. The van der Waals surface area contributed by atoms with E-state index in [-0.39, 0.29) is 0 Å². The Balaban J connectivity index is 2.55. The molecule has 0 saturated carbocycles. The van der Waals surface area contributed by atoms with E-state index < -0.39 is 5.95 Å². The summed E-state index contributed by atoms with van der Waals surface area (Å²) in [5.74, 6) is -0.0130. The maximum Gasteiger partial charge on any atom is 0.212 e. The minimum atomic E-state index is -0.535. The molecule has 2 rings (SSSR count). The van der Waals surface area contributed by atoms with Gasteiger partial charge in [-0.05, 0) is 24.3 Å². The number of ether oxygens (including phenoxy) is 1. The molecule has 88 valence electrons. The summed E-state index contributed by atoms with van der Waals surface area (Å²) in [6, 6.07) is 6.17. The summed E-state index contributed by atoms with van der Waals surface area (Å²) < 4.78 is 17.8. The second kappa shape index (κ2) is 4.59. The number of rotatable bonds is 2. The normalized spacial score (nSPS) is 10.3. The quantitative estimate of drug-likeness (QED) is 0.660. The van der Waals surface area contributed by atoms with Crippen LogP contribution in [0.1, 0.15) is 0 Å². The van der Waals surface area contributed by atoms with Crippen LogP contribution in [0.4, 0.5) is 10.1 Å². The first-order chi connectivity index (χ1) is 8.11. The summed E-state index contributed by atoms with van der Waals surface area (Å²) in [6.45, 7) is 0. The number of methoxy groups -OCH3 is 1. The topological polar surface area (TPSA) is 48.1 Å². The van der Waals surface area contributed by atoms with E-state index in [4.69, 9.17) is 22.1 Å². The van der Waals surface area contributed by atoms with Gasteiger partial charge in [-0.2, -0.15) is 4.39 Å². The second-order valence-corrected chi connectivity index (χ2v) is 3.85. The monoisotopic (exact) mass is 252 g/mol. The molecule has 0 spiro atoms. The third-order valence-electron chi connectivity index (χ3n) is 2.36. The smallest absolute Gasteiger partial charge is 0.212 e. The van der Waals surface area contributed by atoms with Crippen molar-refractivity contribution in [3.8, 4) is 16.9 Å². The van der Waals surface area contributed by atoms with E-state index in [2.05, 4.69) is 4.98 Å². The lowest BCUT2D eigenvalue weighted by Crippen LogP contribution is -1.94. The molecule has 5 heteroatoms. The second-order valence-electron chi connectivity index (χ2n) is 3.44. The van der Waals surface area contributed by atoms with Crippen molar-refractivity contribution >= 4 is 17.3 Å². The van der Waals surface area contributed by atoms with E-state index in [1.165, 1.54) is 19.4 Å². The van der Waals surface area contributed by atoms with Gasteiger partial charge in [-0.3, -0.25) is 0 Å². The number of anilines is 1. The SMILES string of the molecule is COc1cc(-c2ccc(F)nc2)c(Cl)cc1N. The molecule has 0 radical (unpaired) electrons. The van der Waals surface area contributed by atoms with Crippen LogP contribution in [0.15, 0.2) is 30.5 Å². The Hall–Kier alpha value is -1.81. The van der Waals surface area contributed by atoms with Crippen molar-refractivity contribution in [3.05, 3.63) is 41.4 Å². The van der Waals surface area contributed by atoms with Crippen LogP contribution in [0.2, 0.25) is 5.02 Å². The molecule has 0 aliphatic heterocycles. The van der Waals surface area contributed by atoms with Gasteiger partial charge in [0.15, 0.2) is 0 Å². The van der Waals surface area contributed by atoms with E-state index in [1.807, 2.05) is 0 Å². The number of hydrogen-bond donors (Lipinski definition) is 1. The maximum absolute atomic E-state index is 12.7. The van der Waals surface area contributed by atoms with Crippen molar-refractivity contribution in [1.29, 1.82) is 0 Å². The summed E-state index contributed by atoms with van der Waals surface area (Å²) in [5.41, 5.74) is 7.58. The minimum absolute atomic E-state index is 0.455. The molecule has 17 heavy (non-hydrogen) atoms. The first-order valence-electron chi connectivity index (χ1n) is 4.86. The summed E-state index contributed by atoms with van der Waals surface area (Å²) in [7, 11) is 1.52. The number of benzene rings is 1. The van der Waals surface area contributed by atoms with Crippen LogP contribution < -0.4 is 10.5 Å². The number of nitrogens with zero attached hydrogens (tertiary/aromatic N) is 1. The Bertz CT molecular complexity index is 543. The molecule has 0 aliphatic rings. The highest BCUT2D eigenvalue weighted by molar-refractivity contribution is 6.33. The van der Waals surface area contributed by atoms with E-state index in [1.54, 1.807) is 18.2 Å². The fraction of sp³-hybridized carbons (Fsp3) is 0.0833. The van der Waals surface area contributed by atoms with Gasteiger partial charge in [-0.1, -0.05) is 11.6 Å². The molecule has 0 amide bonds. The number of nitrogens with two attached hydrogens (primary N) is 1. The average molecular weight is 253 g/mol. The number of pyridine rings is 1. The Kier molecular flexibility index (Phi) is 3.15. The van der Waals surface area contributed by atoms with Crippen LogP contribution in [0, 0.1) is 5.95 Å². The standard InChI is InChI=1S/C12H10ClFN2O/c1-17-11-4-8(9(13)5-10(11)15)7-2-3-12(14)16-6-7/h2-6H,15H2,1H3. The molecule has 0 unspecified atom stereocenters. The van der Waals surface area contributed by atoms with Crippen LogP contribution in [-0.4, -0.2) is 12.1 Å². The molecular weight excluding hydrogens is 243 g/mol. The van der Waals surface area contributed by atoms with Crippen molar-refractivity contribution in [2.45, 2.75) is 0 Å². The van der Waals surface area contributed by atoms with Crippen molar-refractivity contribution in [1.82, 2.24) is 4.98 Å². The van der Waals surface area contributed by atoms with Crippen LogP contribution in [0.5, 0.6) is 5.75 Å². The van der Waals surface area contributed by atoms with Crippen molar-refractivity contribution in [2.75, 3.05) is 12.8 Å². The Morgan fingerprint density at radius 1 is 1.35 bits per heavy atom. The van der Waals surface area contributed by atoms with E-state index >= 15 is 0 Å². The summed E-state index contributed by atoms with van der Waals surface area (Å²) in [6.07, 6.45) is 1.41. The molecule has 3 nitrogen and oxygen atoms in total. The van der Waals surface area contributed by atoms with Crippen molar-refractivity contribution in [3.63, 3.8) is 0 Å². The highest BCUT2D eigenvalue weighted by atomic mass is 35.5. The van der Waals surface area contributed by atoms with Crippen LogP contribution >= 0.6 is 11.6 Å². The van der Waals surface area contributed by atoms with E-state index in [0.29, 0.717) is 27.6 Å². The molecule has 1 aromatic carbocycles. The molecule has 0 atom stereocenters. The van der Waals surface area contributed by atoms with Crippen LogP contribution in [-0.2, 0) is 0 Å². The zero-order chi connectivity index (χ0) is 12.4. The highest BCUT2D eigenvalue weighted by Crippen LogP contribution is 2.35. The molecule has 2 aromatic rings. The predicted octanol–water partition coefficient (Wildman–Crippen LogP) is 3.13. The average Bonchev–Trinajstić information content (AvgIpc) is 2.31. The Morgan fingerprint density at radius 3 is 2.71 bits per heavy atom. The fourth-order valence-corrected chi connectivity index (χ4v) is 1.78. The highest BCUT2D eigenvalue weighted by Gasteiger charge is 2.09. The van der Waals surface area contributed by atoms with Gasteiger partial charge >= 0.3 is 0 Å². The molecular formula is C12H10ClFN2O. The van der Waals surface area contributed by atoms with Gasteiger partial charge in [0.1, 0.15) is 5.75 Å². The van der Waals surface area contributed by atoms with Gasteiger partial charge in [0, 0.05) is 17.3 Å². The molecule has 0 fully saturated rings. The Morgan fingerprint density at radius 2 is 2.12 bits per heavy atom. The number of aromatic nitrogens is 1. The number of hydrogen-bond acceptors (Lipinski definition) is 3. The molecule has 0 aliphatic carbocycles. The van der Waals surface area contributed by atoms with E-state index in [9.17, 15) is 4.39 Å². The molecule has 1 heterocycles.